The number of hydrogen-bond donors (Lipinski definition) is 1. The Morgan fingerprint density at radius 2 is 1.85 bits per heavy atom. The minimum Gasteiger partial charge on any atom is -0.343 e. The first kappa shape index (κ1) is 15.5. The third kappa shape index (κ3) is 4.06. The first-order valence-corrected chi connectivity index (χ1v) is 8.17. The second-order valence-electron chi connectivity index (χ2n) is 4.75. The van der Waals surface area contributed by atoms with Gasteiger partial charge in [-0.25, -0.2) is 0 Å². The van der Waals surface area contributed by atoms with Gasteiger partial charge in [0.05, 0.1) is 12.1 Å². The van der Waals surface area contributed by atoms with Crippen molar-refractivity contribution >= 4 is 43.7 Å². The van der Waals surface area contributed by atoms with Gasteiger partial charge in [0.15, 0.2) is 0 Å². The van der Waals surface area contributed by atoms with Crippen molar-refractivity contribution in [1.82, 2.24) is 10.2 Å². The van der Waals surface area contributed by atoms with Crippen molar-refractivity contribution in [2.75, 3.05) is 19.6 Å². The van der Waals surface area contributed by atoms with E-state index in [0.717, 1.165) is 30.4 Å². The number of likely N-dealkylation sites (tertiary alicyclic amines) is 1. The van der Waals surface area contributed by atoms with Crippen LogP contribution in [0.2, 0.25) is 0 Å². The highest BCUT2D eigenvalue weighted by Gasteiger charge is 2.18. The zero-order valence-corrected chi connectivity index (χ0v) is 14.2. The van der Waals surface area contributed by atoms with Crippen LogP contribution in [0.25, 0.3) is 0 Å². The molecule has 1 aliphatic rings. The predicted octanol–water partition coefficient (Wildman–Crippen LogP) is 2.95. The number of halogens is 2. The van der Waals surface area contributed by atoms with Crippen LogP contribution in [0.15, 0.2) is 27.1 Å². The summed E-state index contributed by atoms with van der Waals surface area (Å²) in [6, 6.07) is 5.37. The van der Waals surface area contributed by atoms with Crippen LogP contribution in [-0.2, 0) is 4.79 Å². The van der Waals surface area contributed by atoms with E-state index in [-0.39, 0.29) is 18.4 Å². The number of nitrogens with zero attached hydrogens (tertiary/aromatic N) is 1. The number of amides is 2. The Morgan fingerprint density at radius 1 is 1.15 bits per heavy atom. The molecule has 20 heavy (non-hydrogen) atoms. The summed E-state index contributed by atoms with van der Waals surface area (Å²) in [6.45, 7) is 1.66. The molecular weight excluding hydrogens is 388 g/mol. The molecule has 0 spiro atoms. The van der Waals surface area contributed by atoms with Gasteiger partial charge >= 0.3 is 0 Å². The fourth-order valence-corrected chi connectivity index (χ4v) is 2.97. The van der Waals surface area contributed by atoms with Crippen LogP contribution >= 0.6 is 31.9 Å². The van der Waals surface area contributed by atoms with E-state index in [1.54, 1.807) is 12.1 Å². The first-order chi connectivity index (χ1) is 9.58. The Bertz CT molecular complexity index is 514. The smallest absolute Gasteiger partial charge is 0.252 e. The maximum Gasteiger partial charge on any atom is 0.252 e. The summed E-state index contributed by atoms with van der Waals surface area (Å²) in [5.74, 6) is -0.257. The number of rotatable bonds is 3. The van der Waals surface area contributed by atoms with Crippen molar-refractivity contribution in [2.45, 2.75) is 19.3 Å². The summed E-state index contributed by atoms with van der Waals surface area (Å²) in [6.07, 6.45) is 3.29. The molecule has 0 bridgehead atoms. The lowest BCUT2D eigenvalue weighted by Crippen LogP contribution is -2.42. The van der Waals surface area contributed by atoms with Crippen LogP contribution in [0.5, 0.6) is 0 Å². The van der Waals surface area contributed by atoms with Crippen LogP contribution < -0.4 is 5.32 Å². The quantitative estimate of drug-likeness (QED) is 0.843. The Kier molecular flexibility index (Phi) is 5.60. The van der Waals surface area contributed by atoms with Gasteiger partial charge in [-0.05, 0) is 53.4 Å². The molecule has 4 nitrogen and oxygen atoms in total. The van der Waals surface area contributed by atoms with Crippen LogP contribution in [-0.4, -0.2) is 36.3 Å². The third-order valence-corrected chi connectivity index (χ3v) is 4.47. The molecule has 0 atom stereocenters. The van der Waals surface area contributed by atoms with Gasteiger partial charge in [-0.3, -0.25) is 9.59 Å². The molecule has 0 radical (unpaired) electrons. The SMILES string of the molecule is O=C(NCC(=O)N1CCCCC1)c1cc(Br)ccc1Br. The molecule has 2 rings (SSSR count). The van der Waals surface area contributed by atoms with Crippen molar-refractivity contribution in [3.8, 4) is 0 Å². The Labute approximate surface area is 135 Å². The highest BCUT2D eigenvalue weighted by atomic mass is 79.9. The van der Waals surface area contributed by atoms with E-state index in [0.29, 0.717) is 10.0 Å². The fourth-order valence-electron chi connectivity index (χ4n) is 2.18. The molecule has 1 heterocycles. The molecule has 1 aromatic carbocycles. The van der Waals surface area contributed by atoms with E-state index in [2.05, 4.69) is 37.2 Å². The average molecular weight is 404 g/mol. The monoisotopic (exact) mass is 402 g/mol. The normalized spacial score (nSPS) is 15.0. The largest absolute Gasteiger partial charge is 0.343 e. The number of carbonyl (C=O) groups excluding carboxylic acids is 2. The Hall–Kier alpha value is -0.880. The van der Waals surface area contributed by atoms with E-state index in [4.69, 9.17) is 0 Å². The minimum absolute atomic E-state index is 0.0100. The van der Waals surface area contributed by atoms with E-state index in [9.17, 15) is 9.59 Å². The average Bonchev–Trinajstić information content (AvgIpc) is 2.47. The zero-order chi connectivity index (χ0) is 14.5. The number of benzene rings is 1. The molecule has 0 unspecified atom stereocenters. The molecule has 1 fully saturated rings. The zero-order valence-electron chi connectivity index (χ0n) is 11.0. The molecule has 108 valence electrons. The van der Waals surface area contributed by atoms with Gasteiger partial charge in [0.25, 0.3) is 5.91 Å². The lowest BCUT2D eigenvalue weighted by atomic mass is 10.1. The number of piperidine rings is 1. The Balaban J connectivity index is 1.91. The van der Waals surface area contributed by atoms with Crippen LogP contribution in [0.4, 0.5) is 0 Å². The van der Waals surface area contributed by atoms with Gasteiger partial charge in [0.2, 0.25) is 5.91 Å². The lowest BCUT2D eigenvalue weighted by molar-refractivity contribution is -0.130. The number of hydrogen-bond acceptors (Lipinski definition) is 2. The van der Waals surface area contributed by atoms with Gasteiger partial charge in [-0.2, -0.15) is 0 Å². The molecule has 0 aliphatic carbocycles. The standard InChI is InChI=1S/C14H16Br2N2O2/c15-10-4-5-12(16)11(8-10)14(20)17-9-13(19)18-6-2-1-3-7-18/h4-5,8H,1-3,6-7,9H2,(H,17,20). The van der Waals surface area contributed by atoms with Gasteiger partial charge in [0, 0.05) is 22.0 Å². The summed E-state index contributed by atoms with van der Waals surface area (Å²) in [5, 5.41) is 2.68. The van der Waals surface area contributed by atoms with Crippen molar-refractivity contribution in [1.29, 1.82) is 0 Å². The summed E-state index contributed by atoms with van der Waals surface area (Å²) in [5.41, 5.74) is 0.519. The van der Waals surface area contributed by atoms with Crippen LogP contribution in [0, 0.1) is 0 Å². The molecule has 1 saturated heterocycles. The molecule has 0 aromatic heterocycles. The highest BCUT2D eigenvalue weighted by molar-refractivity contribution is 9.11. The van der Waals surface area contributed by atoms with E-state index < -0.39 is 0 Å². The minimum atomic E-state index is -0.247. The molecule has 0 saturated carbocycles. The van der Waals surface area contributed by atoms with Gasteiger partial charge in [-0.15, -0.1) is 0 Å². The molecule has 2 amide bonds. The molecular formula is C14H16Br2N2O2. The van der Waals surface area contributed by atoms with Crippen molar-refractivity contribution in [3.63, 3.8) is 0 Å². The van der Waals surface area contributed by atoms with E-state index >= 15 is 0 Å². The molecule has 1 N–H and O–H groups in total. The Morgan fingerprint density at radius 3 is 2.55 bits per heavy atom. The predicted molar refractivity (Wildman–Crippen MR) is 84.6 cm³/mol. The summed E-state index contributed by atoms with van der Waals surface area (Å²) in [4.78, 5) is 25.9. The maximum absolute atomic E-state index is 12.1. The van der Waals surface area contributed by atoms with Crippen LogP contribution in [0.3, 0.4) is 0 Å². The van der Waals surface area contributed by atoms with Crippen molar-refractivity contribution < 1.29 is 9.59 Å². The second-order valence-corrected chi connectivity index (χ2v) is 6.52. The first-order valence-electron chi connectivity index (χ1n) is 6.59. The summed E-state index contributed by atoms with van der Waals surface area (Å²) < 4.78 is 1.54. The molecule has 6 heteroatoms. The highest BCUT2D eigenvalue weighted by Crippen LogP contribution is 2.21. The van der Waals surface area contributed by atoms with Crippen molar-refractivity contribution in [3.05, 3.63) is 32.7 Å². The maximum atomic E-state index is 12.1. The summed E-state index contributed by atoms with van der Waals surface area (Å²) >= 11 is 6.67. The van der Waals surface area contributed by atoms with E-state index in [1.807, 2.05) is 11.0 Å². The van der Waals surface area contributed by atoms with Crippen molar-refractivity contribution in [2.24, 2.45) is 0 Å². The fraction of sp³-hybridized carbons (Fsp3) is 0.429. The van der Waals surface area contributed by atoms with Gasteiger partial charge in [-0.1, -0.05) is 15.9 Å². The van der Waals surface area contributed by atoms with Gasteiger partial charge in [0.1, 0.15) is 0 Å². The number of carbonyl (C=O) groups is 2. The summed E-state index contributed by atoms with van der Waals surface area (Å²) in [7, 11) is 0. The second kappa shape index (κ2) is 7.22. The van der Waals surface area contributed by atoms with E-state index in [1.165, 1.54) is 6.42 Å². The van der Waals surface area contributed by atoms with Gasteiger partial charge < -0.3 is 10.2 Å². The topological polar surface area (TPSA) is 49.4 Å². The molecule has 1 aliphatic heterocycles. The third-order valence-electron chi connectivity index (χ3n) is 3.28. The number of nitrogens with one attached hydrogen (secondary N) is 1. The lowest BCUT2D eigenvalue weighted by Gasteiger charge is -2.26. The molecule has 1 aromatic rings. The van der Waals surface area contributed by atoms with Crippen LogP contribution in [0.1, 0.15) is 29.6 Å².